The van der Waals surface area contributed by atoms with Crippen molar-refractivity contribution in [2.24, 2.45) is 0 Å². The first kappa shape index (κ1) is 53.3. The monoisotopic (exact) mass is 776 g/mol. The first-order chi connectivity index (χ1) is 27.0. The van der Waals surface area contributed by atoms with Crippen LogP contribution in [0.25, 0.3) is 0 Å². The van der Waals surface area contributed by atoms with Gasteiger partial charge in [-0.25, -0.2) is 0 Å². The zero-order valence-electron chi connectivity index (χ0n) is 36.7. The fourth-order valence-electron chi connectivity index (χ4n) is 7.21. The number of allylic oxidation sites excluding steroid dienone is 3. The average molecular weight is 776 g/mol. The zero-order valence-corrected chi connectivity index (χ0v) is 36.7. The summed E-state index contributed by atoms with van der Waals surface area (Å²) in [4.78, 5) is 24.3. The minimum Gasteiger partial charge on any atom is -0.466 e. The van der Waals surface area contributed by atoms with Crippen molar-refractivity contribution >= 4 is 11.9 Å². The summed E-state index contributed by atoms with van der Waals surface area (Å²) < 4.78 is 5.44. The Morgan fingerprint density at radius 2 is 0.855 bits per heavy atom. The summed E-state index contributed by atoms with van der Waals surface area (Å²) in [6.07, 6.45) is 51.7. The third-order valence-corrected chi connectivity index (χ3v) is 11.0. The highest BCUT2D eigenvalue weighted by Gasteiger charge is 2.18. The quantitative estimate of drug-likeness (QED) is 0.0325. The molecule has 3 N–H and O–H groups in total. The number of ether oxygens (including phenoxy) is 1. The molecule has 6 heteroatoms. The third-order valence-electron chi connectivity index (χ3n) is 11.0. The van der Waals surface area contributed by atoms with E-state index in [4.69, 9.17) is 4.74 Å². The van der Waals surface area contributed by atoms with E-state index in [1.807, 2.05) is 6.08 Å². The number of amides is 1. The highest BCUT2D eigenvalue weighted by atomic mass is 16.5. The number of unbranched alkanes of at least 4 members (excludes halogenated alkanes) is 31. The molecular weight excluding hydrogens is 683 g/mol. The summed E-state index contributed by atoms with van der Waals surface area (Å²) in [5.74, 6) is -0.0900. The number of aliphatic hydroxyl groups is 2. The molecule has 2 unspecified atom stereocenters. The first-order valence-electron chi connectivity index (χ1n) is 24.1. The number of rotatable bonds is 44. The Labute approximate surface area is 341 Å². The maximum Gasteiger partial charge on any atom is 0.305 e. The Bertz CT molecular complexity index is 858. The SMILES string of the molecule is CCCCC/C=C\CCCCCCCC(=O)OCCCCCCCCCCCCCCCCCC(=O)NC(CO)C(O)/C=C/CCCCCCCCCCC. The molecule has 0 aliphatic heterocycles. The lowest BCUT2D eigenvalue weighted by Gasteiger charge is -2.20. The molecule has 0 fully saturated rings. The second-order valence-corrected chi connectivity index (χ2v) is 16.4. The van der Waals surface area contributed by atoms with E-state index in [0.29, 0.717) is 19.4 Å². The van der Waals surface area contributed by atoms with Gasteiger partial charge in [-0.1, -0.05) is 205 Å². The molecule has 1 amide bonds. The summed E-state index contributed by atoms with van der Waals surface area (Å²) in [5.41, 5.74) is 0. The van der Waals surface area contributed by atoms with Crippen LogP contribution in [0.2, 0.25) is 0 Å². The van der Waals surface area contributed by atoms with Crippen LogP contribution in [-0.2, 0) is 14.3 Å². The lowest BCUT2D eigenvalue weighted by Crippen LogP contribution is -2.45. The minimum absolute atomic E-state index is 0.0113. The molecule has 0 saturated carbocycles. The van der Waals surface area contributed by atoms with Crippen molar-refractivity contribution in [2.45, 2.75) is 264 Å². The molecule has 0 aliphatic rings. The van der Waals surface area contributed by atoms with Gasteiger partial charge in [0.2, 0.25) is 5.91 Å². The van der Waals surface area contributed by atoms with Gasteiger partial charge in [0.15, 0.2) is 0 Å². The van der Waals surface area contributed by atoms with Gasteiger partial charge in [-0.05, 0) is 57.8 Å². The molecule has 0 radical (unpaired) electrons. The van der Waals surface area contributed by atoms with Crippen molar-refractivity contribution < 1.29 is 24.5 Å². The van der Waals surface area contributed by atoms with Gasteiger partial charge in [0, 0.05) is 12.8 Å². The highest BCUT2D eigenvalue weighted by Crippen LogP contribution is 2.15. The number of hydrogen-bond donors (Lipinski definition) is 3. The Morgan fingerprint density at radius 3 is 1.33 bits per heavy atom. The molecule has 0 spiro atoms. The van der Waals surface area contributed by atoms with Crippen molar-refractivity contribution in [2.75, 3.05) is 13.2 Å². The molecule has 55 heavy (non-hydrogen) atoms. The number of aliphatic hydroxyl groups excluding tert-OH is 2. The minimum atomic E-state index is -0.848. The van der Waals surface area contributed by atoms with Crippen molar-refractivity contribution in [3.63, 3.8) is 0 Å². The number of carbonyl (C=O) groups excluding carboxylic acids is 2. The van der Waals surface area contributed by atoms with Gasteiger partial charge < -0.3 is 20.3 Å². The van der Waals surface area contributed by atoms with Crippen LogP contribution in [0.15, 0.2) is 24.3 Å². The van der Waals surface area contributed by atoms with Crippen LogP contribution in [0.3, 0.4) is 0 Å². The fraction of sp³-hybridized carbons (Fsp3) is 0.878. The van der Waals surface area contributed by atoms with E-state index in [9.17, 15) is 19.8 Å². The summed E-state index contributed by atoms with van der Waals surface area (Å²) in [6, 6.07) is -0.632. The van der Waals surface area contributed by atoms with Crippen LogP contribution in [0, 0.1) is 0 Å². The molecule has 0 rings (SSSR count). The maximum atomic E-state index is 12.4. The number of carbonyl (C=O) groups is 2. The van der Waals surface area contributed by atoms with E-state index >= 15 is 0 Å². The van der Waals surface area contributed by atoms with Crippen LogP contribution in [0.4, 0.5) is 0 Å². The van der Waals surface area contributed by atoms with Gasteiger partial charge in [0.25, 0.3) is 0 Å². The standard InChI is InChI=1S/C49H93NO5/c1-3-5-7-9-11-13-15-23-27-31-35-39-43-49(54)55-44-40-36-32-28-24-20-18-16-17-19-22-26-30-34-38-42-48(53)50-46(45-51)47(52)41-37-33-29-25-21-14-12-10-8-6-4-2/h11,13,37,41,46-47,51-52H,3-10,12,14-36,38-40,42-45H2,1-2H3,(H,50,53)/b13-11-,41-37+. The van der Waals surface area contributed by atoms with Crippen molar-refractivity contribution in [3.8, 4) is 0 Å². The topological polar surface area (TPSA) is 95.9 Å². The summed E-state index contributed by atoms with van der Waals surface area (Å²) in [6.45, 7) is 4.84. The van der Waals surface area contributed by atoms with Crippen LogP contribution >= 0.6 is 0 Å². The van der Waals surface area contributed by atoms with E-state index in [1.165, 1.54) is 167 Å². The maximum absolute atomic E-state index is 12.4. The van der Waals surface area contributed by atoms with Crippen molar-refractivity contribution in [1.29, 1.82) is 0 Å². The predicted molar refractivity (Wildman–Crippen MR) is 236 cm³/mol. The molecule has 0 aromatic carbocycles. The van der Waals surface area contributed by atoms with E-state index in [-0.39, 0.29) is 18.5 Å². The van der Waals surface area contributed by atoms with Crippen LogP contribution in [-0.4, -0.2) is 47.4 Å². The van der Waals surface area contributed by atoms with Gasteiger partial charge in [-0.2, -0.15) is 0 Å². The van der Waals surface area contributed by atoms with Crippen LogP contribution in [0.1, 0.15) is 251 Å². The summed E-state index contributed by atoms with van der Waals surface area (Å²) in [7, 11) is 0. The van der Waals surface area contributed by atoms with Crippen molar-refractivity contribution in [3.05, 3.63) is 24.3 Å². The normalized spacial score (nSPS) is 12.9. The molecule has 324 valence electrons. The molecule has 6 nitrogen and oxygen atoms in total. The fourth-order valence-corrected chi connectivity index (χ4v) is 7.21. The molecule has 2 atom stereocenters. The van der Waals surface area contributed by atoms with Gasteiger partial charge in [-0.3, -0.25) is 9.59 Å². The molecule has 0 heterocycles. The van der Waals surface area contributed by atoms with Crippen LogP contribution in [0.5, 0.6) is 0 Å². The predicted octanol–water partition coefficient (Wildman–Crippen LogP) is 14.0. The average Bonchev–Trinajstić information content (AvgIpc) is 3.18. The number of esters is 1. The van der Waals surface area contributed by atoms with E-state index in [1.54, 1.807) is 6.08 Å². The molecular formula is C49H93NO5. The molecule has 0 aliphatic carbocycles. The summed E-state index contributed by atoms with van der Waals surface area (Å²) in [5, 5.41) is 22.9. The van der Waals surface area contributed by atoms with Gasteiger partial charge >= 0.3 is 5.97 Å². The lowest BCUT2D eigenvalue weighted by atomic mass is 10.0. The van der Waals surface area contributed by atoms with E-state index < -0.39 is 12.1 Å². The van der Waals surface area contributed by atoms with E-state index in [2.05, 4.69) is 31.3 Å². The highest BCUT2D eigenvalue weighted by molar-refractivity contribution is 5.76. The van der Waals surface area contributed by atoms with Crippen LogP contribution < -0.4 is 5.32 Å². The first-order valence-corrected chi connectivity index (χ1v) is 24.1. The van der Waals surface area contributed by atoms with E-state index in [0.717, 1.165) is 57.8 Å². The zero-order chi connectivity index (χ0) is 40.1. The molecule has 0 bridgehead atoms. The molecule has 0 aromatic heterocycles. The Hall–Kier alpha value is -1.66. The second-order valence-electron chi connectivity index (χ2n) is 16.4. The second kappa shape index (κ2) is 45.0. The van der Waals surface area contributed by atoms with Gasteiger partial charge in [0.1, 0.15) is 0 Å². The Morgan fingerprint density at radius 1 is 0.491 bits per heavy atom. The smallest absolute Gasteiger partial charge is 0.305 e. The summed E-state index contributed by atoms with van der Waals surface area (Å²) >= 11 is 0. The number of hydrogen-bond acceptors (Lipinski definition) is 5. The largest absolute Gasteiger partial charge is 0.466 e. The Balaban J connectivity index is 3.46. The Kier molecular flexibility index (Phi) is 43.7. The number of nitrogens with one attached hydrogen (secondary N) is 1. The molecule has 0 aromatic rings. The van der Waals surface area contributed by atoms with Gasteiger partial charge in [-0.15, -0.1) is 0 Å². The van der Waals surface area contributed by atoms with Gasteiger partial charge in [0.05, 0.1) is 25.4 Å². The molecule has 0 saturated heterocycles. The third kappa shape index (κ3) is 41.8. The van der Waals surface area contributed by atoms with Crippen molar-refractivity contribution in [1.82, 2.24) is 5.32 Å². The lowest BCUT2D eigenvalue weighted by molar-refractivity contribution is -0.143.